The van der Waals surface area contributed by atoms with Crippen LogP contribution >= 0.6 is 0 Å². The van der Waals surface area contributed by atoms with Crippen molar-refractivity contribution >= 4 is 11.9 Å². The fourth-order valence-electron chi connectivity index (χ4n) is 7.96. The molecule has 3 atom stereocenters. The van der Waals surface area contributed by atoms with Gasteiger partial charge in [0.2, 0.25) is 5.91 Å². The Bertz CT molecular complexity index is 863. The molecule has 1 amide bonds. The molecule has 338 valence electrons. The number of rotatable bonds is 46. The third-order valence-electron chi connectivity index (χ3n) is 11.8. The third kappa shape index (κ3) is 41.1. The van der Waals surface area contributed by atoms with E-state index in [1.165, 1.54) is 167 Å². The van der Waals surface area contributed by atoms with Crippen LogP contribution in [-0.2, 0) is 14.3 Å². The van der Waals surface area contributed by atoms with Gasteiger partial charge in [-0.05, 0) is 51.4 Å². The van der Waals surface area contributed by atoms with Gasteiger partial charge >= 0.3 is 5.97 Å². The number of carbonyl (C=O) groups excluding carboxylic acids is 2. The lowest BCUT2D eigenvalue weighted by Gasteiger charge is -2.24. The molecule has 0 aliphatic heterocycles. The van der Waals surface area contributed by atoms with Gasteiger partial charge in [0.05, 0.1) is 25.2 Å². The molecule has 3 N–H and O–H groups in total. The van der Waals surface area contributed by atoms with Gasteiger partial charge in [0.15, 0.2) is 0 Å². The second-order valence-corrected chi connectivity index (χ2v) is 17.6. The predicted molar refractivity (Wildman–Crippen MR) is 246 cm³/mol. The molecule has 0 saturated heterocycles. The van der Waals surface area contributed by atoms with E-state index >= 15 is 0 Å². The van der Waals surface area contributed by atoms with Crippen molar-refractivity contribution in [1.29, 1.82) is 0 Å². The molecule has 0 aliphatic carbocycles. The van der Waals surface area contributed by atoms with Crippen molar-refractivity contribution in [2.24, 2.45) is 0 Å². The molecule has 0 bridgehead atoms. The first-order chi connectivity index (χ1) is 28.0. The molecule has 57 heavy (non-hydrogen) atoms. The summed E-state index contributed by atoms with van der Waals surface area (Å²) in [4.78, 5) is 26.1. The van der Waals surface area contributed by atoms with Crippen LogP contribution in [0, 0.1) is 0 Å². The molecule has 3 unspecified atom stereocenters. The second-order valence-electron chi connectivity index (χ2n) is 17.6. The Hall–Kier alpha value is -1.40. The summed E-state index contributed by atoms with van der Waals surface area (Å²) >= 11 is 0. The third-order valence-corrected chi connectivity index (χ3v) is 11.8. The van der Waals surface area contributed by atoms with E-state index in [4.69, 9.17) is 4.74 Å². The average molecular weight is 806 g/mol. The minimum Gasteiger partial charge on any atom is -0.462 e. The SMILES string of the molecule is CCCCCCCCCCC/C=C/CCCCCC(CC(=O)NC(CO)C(O)CCCCCCCCCCC)OC(=O)CCCCCCCCCCCCCCC. The van der Waals surface area contributed by atoms with E-state index in [1.54, 1.807) is 0 Å². The van der Waals surface area contributed by atoms with Gasteiger partial charge < -0.3 is 20.3 Å². The molecule has 0 saturated carbocycles. The van der Waals surface area contributed by atoms with Gasteiger partial charge in [0.1, 0.15) is 6.10 Å². The first-order valence-electron chi connectivity index (χ1n) is 25.4. The van der Waals surface area contributed by atoms with Crippen molar-refractivity contribution in [3.05, 3.63) is 12.2 Å². The summed E-state index contributed by atoms with van der Waals surface area (Å²) in [6.45, 7) is 6.48. The molecule has 0 rings (SSSR count). The highest BCUT2D eigenvalue weighted by atomic mass is 16.5. The highest BCUT2D eigenvalue weighted by Crippen LogP contribution is 2.18. The molecule has 0 aromatic rings. The number of aliphatic hydroxyl groups is 2. The second kappa shape index (κ2) is 45.7. The van der Waals surface area contributed by atoms with Gasteiger partial charge in [-0.3, -0.25) is 9.59 Å². The summed E-state index contributed by atoms with van der Waals surface area (Å²) in [6, 6.07) is -0.698. The molecule has 6 nitrogen and oxygen atoms in total. The van der Waals surface area contributed by atoms with Crippen LogP contribution in [0.1, 0.15) is 278 Å². The van der Waals surface area contributed by atoms with Crippen LogP contribution in [0.2, 0.25) is 0 Å². The molecule has 0 fully saturated rings. The van der Waals surface area contributed by atoms with Crippen LogP contribution in [0.4, 0.5) is 0 Å². The Kier molecular flexibility index (Phi) is 44.6. The fraction of sp³-hybridized carbons (Fsp3) is 0.922. The zero-order chi connectivity index (χ0) is 41.7. The van der Waals surface area contributed by atoms with Gasteiger partial charge in [-0.1, -0.05) is 226 Å². The van der Waals surface area contributed by atoms with Crippen LogP contribution in [0.25, 0.3) is 0 Å². The minimum atomic E-state index is -0.784. The number of nitrogens with one attached hydrogen (secondary N) is 1. The standard InChI is InChI=1S/C51H99NO5/c1-4-7-10-13-16-19-21-23-24-25-27-28-31-33-36-39-42-47(57-51(56)44-41-38-35-32-29-26-22-20-17-14-11-8-5-2)45-50(55)52-48(46-53)49(54)43-40-37-34-30-18-15-12-9-6-3/h27-28,47-49,53-54H,4-26,29-46H2,1-3H3,(H,52,55)/b28-27+. The molecule has 0 aromatic carbocycles. The van der Waals surface area contributed by atoms with Crippen molar-refractivity contribution in [3.63, 3.8) is 0 Å². The zero-order valence-corrected chi connectivity index (χ0v) is 38.5. The maximum absolute atomic E-state index is 13.2. The topological polar surface area (TPSA) is 95.9 Å². The average Bonchev–Trinajstić information content (AvgIpc) is 3.20. The Labute approximate surface area is 355 Å². The largest absolute Gasteiger partial charge is 0.462 e. The van der Waals surface area contributed by atoms with Gasteiger partial charge in [0.25, 0.3) is 0 Å². The maximum atomic E-state index is 13.2. The maximum Gasteiger partial charge on any atom is 0.306 e. The van der Waals surface area contributed by atoms with E-state index in [1.807, 2.05) is 0 Å². The molecular weight excluding hydrogens is 707 g/mol. The van der Waals surface area contributed by atoms with E-state index in [9.17, 15) is 19.8 Å². The number of hydrogen-bond acceptors (Lipinski definition) is 5. The van der Waals surface area contributed by atoms with Gasteiger partial charge in [-0.15, -0.1) is 0 Å². The lowest BCUT2D eigenvalue weighted by molar-refractivity contribution is -0.151. The molecule has 0 aliphatic rings. The number of allylic oxidation sites excluding steroid dienone is 2. The number of aliphatic hydroxyl groups excluding tert-OH is 2. The van der Waals surface area contributed by atoms with Crippen molar-refractivity contribution in [1.82, 2.24) is 5.32 Å². The first-order valence-corrected chi connectivity index (χ1v) is 25.4. The van der Waals surface area contributed by atoms with Crippen LogP contribution < -0.4 is 5.32 Å². The quantitative estimate of drug-likeness (QED) is 0.0323. The summed E-state index contributed by atoms with van der Waals surface area (Å²) in [5, 5.41) is 23.7. The van der Waals surface area contributed by atoms with E-state index in [-0.39, 0.29) is 24.9 Å². The highest BCUT2D eigenvalue weighted by Gasteiger charge is 2.24. The number of amides is 1. The summed E-state index contributed by atoms with van der Waals surface area (Å²) in [6.07, 6.45) is 49.9. The van der Waals surface area contributed by atoms with Crippen molar-refractivity contribution < 1.29 is 24.5 Å². The number of hydrogen-bond donors (Lipinski definition) is 3. The van der Waals surface area contributed by atoms with Crippen LogP contribution in [-0.4, -0.2) is 46.9 Å². The molecular formula is C51H99NO5. The Morgan fingerprint density at radius 1 is 0.491 bits per heavy atom. The van der Waals surface area contributed by atoms with E-state index in [0.29, 0.717) is 19.3 Å². The van der Waals surface area contributed by atoms with Crippen LogP contribution in [0.3, 0.4) is 0 Å². The normalized spacial score (nSPS) is 13.3. The highest BCUT2D eigenvalue weighted by molar-refractivity contribution is 5.77. The van der Waals surface area contributed by atoms with Gasteiger partial charge in [-0.25, -0.2) is 0 Å². The van der Waals surface area contributed by atoms with Crippen LogP contribution in [0.15, 0.2) is 12.2 Å². The predicted octanol–water partition coefficient (Wildman–Crippen LogP) is 15.0. The summed E-state index contributed by atoms with van der Waals surface area (Å²) < 4.78 is 5.92. The Morgan fingerprint density at radius 3 is 1.26 bits per heavy atom. The number of esters is 1. The van der Waals surface area contributed by atoms with Crippen molar-refractivity contribution in [2.45, 2.75) is 296 Å². The molecule has 0 aromatic heterocycles. The van der Waals surface area contributed by atoms with E-state index < -0.39 is 18.2 Å². The molecule has 0 spiro atoms. The summed E-state index contributed by atoms with van der Waals surface area (Å²) in [5.41, 5.74) is 0. The van der Waals surface area contributed by atoms with E-state index in [2.05, 4.69) is 38.2 Å². The zero-order valence-electron chi connectivity index (χ0n) is 38.5. The lowest BCUT2D eigenvalue weighted by Crippen LogP contribution is -2.46. The molecule has 0 radical (unpaired) electrons. The van der Waals surface area contributed by atoms with Crippen molar-refractivity contribution in [3.8, 4) is 0 Å². The summed E-state index contributed by atoms with van der Waals surface area (Å²) in [7, 11) is 0. The van der Waals surface area contributed by atoms with Crippen LogP contribution in [0.5, 0.6) is 0 Å². The number of carbonyl (C=O) groups is 2. The Balaban J connectivity index is 4.57. The Morgan fingerprint density at radius 2 is 0.842 bits per heavy atom. The molecule has 6 heteroatoms. The summed E-state index contributed by atoms with van der Waals surface area (Å²) in [5.74, 6) is -0.474. The fourth-order valence-corrected chi connectivity index (χ4v) is 7.96. The van der Waals surface area contributed by atoms with Gasteiger partial charge in [-0.2, -0.15) is 0 Å². The number of unbranched alkanes of at least 4 members (excludes halogenated alkanes) is 32. The molecule has 0 heterocycles. The monoisotopic (exact) mass is 806 g/mol. The number of ether oxygens (including phenoxy) is 1. The minimum absolute atomic E-state index is 0.0736. The van der Waals surface area contributed by atoms with E-state index in [0.717, 1.165) is 64.2 Å². The smallest absolute Gasteiger partial charge is 0.306 e. The first kappa shape index (κ1) is 55.6. The van der Waals surface area contributed by atoms with Crippen molar-refractivity contribution in [2.75, 3.05) is 6.61 Å². The van der Waals surface area contributed by atoms with Gasteiger partial charge in [0, 0.05) is 6.42 Å². The lowest BCUT2D eigenvalue weighted by atomic mass is 10.0.